The van der Waals surface area contributed by atoms with E-state index >= 15 is 0 Å². The Hall–Kier alpha value is 0.717. The molecule has 0 aromatic rings. The summed E-state index contributed by atoms with van der Waals surface area (Å²) < 4.78 is 11.5. The lowest BCUT2D eigenvalue weighted by Gasteiger charge is -2.22. The summed E-state index contributed by atoms with van der Waals surface area (Å²) in [5, 5.41) is 0. The van der Waals surface area contributed by atoms with Gasteiger partial charge in [0.15, 0.2) is 0 Å². The fraction of sp³-hybridized carbons (Fsp3) is 1.00. The zero-order chi connectivity index (χ0) is 11.6. The van der Waals surface area contributed by atoms with Crippen LogP contribution in [0.1, 0.15) is 25.7 Å². The van der Waals surface area contributed by atoms with Crippen LogP contribution in [0.25, 0.3) is 0 Å². The molecule has 0 spiro atoms. The van der Waals surface area contributed by atoms with Crippen LogP contribution >= 0.6 is 23.2 Å². The molecule has 0 saturated heterocycles. The first kappa shape index (κ1) is 15.7. The standard InChI is InChI=1S/C10H22Cl2O2Si/c1-15(2,13-9-5-3-7-11)14-10-6-4-8-12/h3-10H2,1-2H3. The Bertz CT molecular complexity index is 131. The highest BCUT2D eigenvalue weighted by Gasteiger charge is 2.23. The highest BCUT2D eigenvalue weighted by molar-refractivity contribution is 6.64. The molecular formula is C10H22Cl2O2Si. The minimum Gasteiger partial charge on any atom is -0.395 e. The Kier molecular flexibility index (Phi) is 10.4. The lowest BCUT2D eigenvalue weighted by Crippen LogP contribution is -2.35. The average molecular weight is 273 g/mol. The first-order chi connectivity index (χ1) is 7.12. The molecule has 0 aliphatic heterocycles. The number of unbranched alkanes of at least 4 members (excludes halogenated alkanes) is 2. The molecule has 0 aromatic carbocycles. The summed E-state index contributed by atoms with van der Waals surface area (Å²) in [5.74, 6) is 1.42. The van der Waals surface area contributed by atoms with E-state index in [1.165, 1.54) is 0 Å². The topological polar surface area (TPSA) is 18.5 Å². The number of rotatable bonds is 10. The third-order valence-corrected chi connectivity index (χ3v) is 4.29. The molecule has 92 valence electrons. The van der Waals surface area contributed by atoms with Gasteiger partial charge < -0.3 is 8.85 Å². The first-order valence-electron chi connectivity index (χ1n) is 5.52. The molecule has 0 radical (unpaired) electrons. The van der Waals surface area contributed by atoms with Crippen LogP contribution in [0, 0.1) is 0 Å². The zero-order valence-electron chi connectivity index (χ0n) is 9.73. The van der Waals surface area contributed by atoms with Crippen LogP contribution in [0.4, 0.5) is 0 Å². The second kappa shape index (κ2) is 9.91. The summed E-state index contributed by atoms with van der Waals surface area (Å²) in [6.07, 6.45) is 4.06. The lowest BCUT2D eigenvalue weighted by molar-refractivity contribution is 0.175. The van der Waals surface area contributed by atoms with Gasteiger partial charge >= 0.3 is 8.56 Å². The number of alkyl halides is 2. The van der Waals surface area contributed by atoms with Gasteiger partial charge in [0.25, 0.3) is 0 Å². The summed E-state index contributed by atoms with van der Waals surface area (Å²) in [4.78, 5) is 0. The molecule has 0 bridgehead atoms. The maximum Gasteiger partial charge on any atom is 0.331 e. The Morgan fingerprint density at radius 3 is 1.53 bits per heavy atom. The van der Waals surface area contributed by atoms with Crippen LogP contribution in [0.15, 0.2) is 0 Å². The molecule has 0 N–H and O–H groups in total. The number of halogens is 2. The van der Waals surface area contributed by atoms with Crippen LogP contribution in [-0.2, 0) is 8.85 Å². The predicted octanol–water partition coefficient (Wildman–Crippen LogP) is 3.76. The molecule has 0 aliphatic rings. The summed E-state index contributed by atoms with van der Waals surface area (Å²) in [7, 11) is -1.89. The van der Waals surface area contributed by atoms with Gasteiger partial charge in [0.05, 0.1) is 0 Å². The van der Waals surface area contributed by atoms with Crippen molar-refractivity contribution in [3.63, 3.8) is 0 Å². The third-order valence-electron chi connectivity index (χ3n) is 1.96. The maximum absolute atomic E-state index is 5.74. The van der Waals surface area contributed by atoms with E-state index in [0.717, 1.165) is 38.9 Å². The van der Waals surface area contributed by atoms with Crippen molar-refractivity contribution in [1.29, 1.82) is 0 Å². The van der Waals surface area contributed by atoms with Gasteiger partial charge in [0.1, 0.15) is 0 Å². The fourth-order valence-electron chi connectivity index (χ4n) is 1.07. The second-order valence-corrected chi connectivity index (χ2v) is 8.02. The van der Waals surface area contributed by atoms with Crippen LogP contribution < -0.4 is 0 Å². The molecule has 0 amide bonds. The van der Waals surface area contributed by atoms with Crippen LogP contribution in [0.3, 0.4) is 0 Å². The molecule has 0 aromatic heterocycles. The van der Waals surface area contributed by atoms with Gasteiger partial charge in [-0.05, 0) is 38.8 Å². The predicted molar refractivity (Wildman–Crippen MR) is 69.3 cm³/mol. The quantitative estimate of drug-likeness (QED) is 0.343. The van der Waals surface area contributed by atoms with Crippen molar-refractivity contribution in [2.45, 2.75) is 38.8 Å². The smallest absolute Gasteiger partial charge is 0.331 e. The Labute approximate surface area is 104 Å². The summed E-state index contributed by atoms with van der Waals surface area (Å²) in [6.45, 7) is 5.69. The summed E-state index contributed by atoms with van der Waals surface area (Å²) in [6, 6.07) is 0. The lowest BCUT2D eigenvalue weighted by atomic mass is 10.4. The minimum atomic E-state index is -1.89. The van der Waals surface area contributed by atoms with Crippen molar-refractivity contribution < 1.29 is 8.85 Å². The van der Waals surface area contributed by atoms with E-state index < -0.39 is 8.56 Å². The third kappa shape index (κ3) is 11.0. The van der Waals surface area contributed by atoms with E-state index in [0.29, 0.717) is 11.8 Å². The highest BCUT2D eigenvalue weighted by atomic mass is 35.5. The van der Waals surface area contributed by atoms with Crippen molar-refractivity contribution in [2.75, 3.05) is 25.0 Å². The van der Waals surface area contributed by atoms with E-state index in [1.807, 2.05) is 0 Å². The maximum atomic E-state index is 5.74. The van der Waals surface area contributed by atoms with Crippen molar-refractivity contribution in [1.82, 2.24) is 0 Å². The van der Waals surface area contributed by atoms with Crippen molar-refractivity contribution in [3.05, 3.63) is 0 Å². The molecule has 0 atom stereocenters. The first-order valence-corrected chi connectivity index (χ1v) is 9.41. The van der Waals surface area contributed by atoms with Crippen LogP contribution in [0.2, 0.25) is 13.1 Å². The molecule has 0 saturated carbocycles. The van der Waals surface area contributed by atoms with Crippen LogP contribution in [0.5, 0.6) is 0 Å². The van der Waals surface area contributed by atoms with E-state index in [4.69, 9.17) is 32.1 Å². The number of hydrogen-bond acceptors (Lipinski definition) is 2. The minimum absolute atomic E-state index is 0.710. The molecule has 0 unspecified atom stereocenters. The summed E-state index contributed by atoms with van der Waals surface area (Å²) in [5.41, 5.74) is 0. The zero-order valence-corrected chi connectivity index (χ0v) is 12.2. The molecule has 2 nitrogen and oxygen atoms in total. The van der Waals surface area contributed by atoms with Gasteiger partial charge in [-0.15, -0.1) is 23.2 Å². The molecule has 0 fully saturated rings. The Balaban J connectivity index is 3.40. The van der Waals surface area contributed by atoms with Gasteiger partial charge in [-0.2, -0.15) is 0 Å². The Morgan fingerprint density at radius 1 is 0.800 bits per heavy atom. The molecule has 0 heterocycles. The average Bonchev–Trinajstić information content (AvgIpc) is 2.20. The van der Waals surface area contributed by atoms with E-state index in [9.17, 15) is 0 Å². The van der Waals surface area contributed by atoms with Gasteiger partial charge in [-0.3, -0.25) is 0 Å². The van der Waals surface area contributed by atoms with Crippen LogP contribution in [-0.4, -0.2) is 33.5 Å². The molecule has 0 aliphatic carbocycles. The second-order valence-electron chi connectivity index (χ2n) is 3.89. The molecule has 0 rings (SSSR count). The molecular weight excluding hydrogens is 251 g/mol. The van der Waals surface area contributed by atoms with Crippen molar-refractivity contribution in [3.8, 4) is 0 Å². The monoisotopic (exact) mass is 272 g/mol. The van der Waals surface area contributed by atoms with Crippen molar-refractivity contribution >= 4 is 31.8 Å². The van der Waals surface area contributed by atoms with Crippen molar-refractivity contribution in [2.24, 2.45) is 0 Å². The summed E-state index contributed by atoms with van der Waals surface area (Å²) >= 11 is 11.2. The normalized spacial score (nSPS) is 12.0. The molecule has 5 heteroatoms. The van der Waals surface area contributed by atoms with Gasteiger partial charge in [-0.25, -0.2) is 0 Å². The fourth-order valence-corrected chi connectivity index (χ4v) is 2.80. The number of hydrogen-bond donors (Lipinski definition) is 0. The van der Waals surface area contributed by atoms with Gasteiger partial charge in [-0.1, -0.05) is 0 Å². The largest absolute Gasteiger partial charge is 0.395 e. The SMILES string of the molecule is C[Si](C)(OCCCCCl)OCCCCCl. The van der Waals surface area contributed by atoms with Gasteiger partial charge in [0, 0.05) is 25.0 Å². The highest BCUT2D eigenvalue weighted by Crippen LogP contribution is 2.09. The molecule has 15 heavy (non-hydrogen) atoms. The van der Waals surface area contributed by atoms with E-state index in [1.54, 1.807) is 0 Å². The van der Waals surface area contributed by atoms with E-state index in [-0.39, 0.29) is 0 Å². The Morgan fingerprint density at radius 2 is 1.20 bits per heavy atom. The van der Waals surface area contributed by atoms with Gasteiger partial charge in [0.2, 0.25) is 0 Å². The van der Waals surface area contributed by atoms with E-state index in [2.05, 4.69) is 13.1 Å².